The Labute approximate surface area is 113 Å². The molecule has 1 rings (SSSR count). The summed E-state index contributed by atoms with van der Waals surface area (Å²) >= 11 is 5.86. The number of non-ortho nitro benzene ring substituents is 1. The van der Waals surface area contributed by atoms with Crippen molar-refractivity contribution in [3.63, 3.8) is 0 Å². The Balaban J connectivity index is 3.04. The molecule has 0 aromatic heterocycles. The lowest BCUT2D eigenvalue weighted by atomic mass is 10.2. The third-order valence-corrected chi connectivity index (χ3v) is 2.04. The molecule has 1 aromatic rings. The maximum Gasteiger partial charge on any atom is 0.301 e. The van der Waals surface area contributed by atoms with Crippen LogP contribution < -0.4 is 5.43 Å². The van der Waals surface area contributed by atoms with Crippen molar-refractivity contribution in [1.29, 1.82) is 0 Å². The summed E-state index contributed by atoms with van der Waals surface area (Å²) in [5.74, 6) is 0. The van der Waals surface area contributed by atoms with Crippen molar-refractivity contribution in [2.75, 3.05) is 5.43 Å². The predicted octanol–water partition coefficient (Wildman–Crippen LogP) is 2.92. The highest BCUT2D eigenvalue weighted by Crippen LogP contribution is 2.28. The first-order chi connectivity index (χ1) is 8.70. The Kier molecular flexibility index (Phi) is 4.38. The molecule has 0 saturated carbocycles. The molecule has 9 heteroatoms. The van der Waals surface area contributed by atoms with E-state index in [0.717, 1.165) is 12.1 Å². The quantitative estimate of drug-likeness (QED) is 0.387. The number of halogens is 1. The molecule has 8 nitrogen and oxygen atoms in total. The highest BCUT2D eigenvalue weighted by molar-refractivity contribution is 6.31. The second-order valence-corrected chi connectivity index (χ2v) is 5.12. The van der Waals surface area contributed by atoms with E-state index in [1.54, 1.807) is 13.8 Å². The fourth-order valence-electron chi connectivity index (χ4n) is 1.13. The maximum atomic E-state index is 10.8. The lowest BCUT2D eigenvalue weighted by Crippen LogP contribution is -2.12. The minimum Gasteiger partial charge on any atom is -0.272 e. The average Bonchev–Trinajstić information content (AvgIpc) is 2.27. The standard InChI is InChI=1S/C10H11ClN4O4/c1-10(2,11)6-12-13-8-4-3-7(14(16)17)5-9(8)15(18)19/h3-6,13H,1-2H3. The second kappa shape index (κ2) is 5.61. The smallest absolute Gasteiger partial charge is 0.272 e. The van der Waals surface area contributed by atoms with Gasteiger partial charge in [0.05, 0.1) is 20.8 Å². The number of nitro benzene ring substituents is 2. The van der Waals surface area contributed by atoms with Crippen molar-refractivity contribution in [3.8, 4) is 0 Å². The van der Waals surface area contributed by atoms with E-state index in [2.05, 4.69) is 10.5 Å². The van der Waals surface area contributed by atoms with E-state index in [9.17, 15) is 20.2 Å². The summed E-state index contributed by atoms with van der Waals surface area (Å²) in [7, 11) is 0. The van der Waals surface area contributed by atoms with E-state index in [-0.39, 0.29) is 11.4 Å². The summed E-state index contributed by atoms with van der Waals surface area (Å²) in [6.07, 6.45) is 1.36. The highest BCUT2D eigenvalue weighted by Gasteiger charge is 2.19. The van der Waals surface area contributed by atoms with E-state index in [0.29, 0.717) is 0 Å². The lowest BCUT2D eigenvalue weighted by molar-refractivity contribution is -0.393. The van der Waals surface area contributed by atoms with Crippen LogP contribution in [0.4, 0.5) is 17.1 Å². The van der Waals surface area contributed by atoms with Crippen LogP contribution in [0.25, 0.3) is 0 Å². The van der Waals surface area contributed by atoms with Crippen LogP contribution in [0.15, 0.2) is 23.3 Å². The average molecular weight is 287 g/mol. The zero-order valence-corrected chi connectivity index (χ0v) is 10.9. The van der Waals surface area contributed by atoms with Gasteiger partial charge in [-0.2, -0.15) is 5.10 Å². The molecular formula is C10H11ClN4O4. The number of benzene rings is 1. The van der Waals surface area contributed by atoms with Crippen molar-refractivity contribution in [3.05, 3.63) is 38.4 Å². The number of nitrogens with zero attached hydrogens (tertiary/aromatic N) is 3. The van der Waals surface area contributed by atoms with E-state index in [1.165, 1.54) is 12.3 Å². The van der Waals surface area contributed by atoms with Gasteiger partial charge in [0, 0.05) is 12.3 Å². The number of alkyl halides is 1. The number of hydrazone groups is 1. The zero-order valence-electron chi connectivity index (χ0n) is 10.2. The maximum absolute atomic E-state index is 10.8. The van der Waals surface area contributed by atoms with E-state index >= 15 is 0 Å². The van der Waals surface area contributed by atoms with Crippen LogP contribution in [0.5, 0.6) is 0 Å². The van der Waals surface area contributed by atoms with Gasteiger partial charge in [0.15, 0.2) is 0 Å². The number of hydrogen-bond acceptors (Lipinski definition) is 6. The molecule has 0 aliphatic rings. The first kappa shape index (κ1) is 14.8. The number of hydrogen-bond donors (Lipinski definition) is 1. The van der Waals surface area contributed by atoms with Gasteiger partial charge in [-0.15, -0.1) is 11.6 Å². The Hall–Kier alpha value is -2.22. The number of anilines is 1. The molecule has 1 aromatic carbocycles. The Morgan fingerprint density at radius 1 is 1.32 bits per heavy atom. The number of nitro groups is 2. The third-order valence-electron chi connectivity index (χ3n) is 1.95. The van der Waals surface area contributed by atoms with Crippen LogP contribution in [-0.4, -0.2) is 20.9 Å². The molecule has 0 amide bonds. The number of rotatable bonds is 5. The minimum absolute atomic E-state index is 0.0489. The van der Waals surface area contributed by atoms with Gasteiger partial charge in [-0.1, -0.05) is 0 Å². The van der Waals surface area contributed by atoms with Gasteiger partial charge in [-0.25, -0.2) is 0 Å². The molecule has 0 atom stereocenters. The third kappa shape index (κ3) is 4.51. The van der Waals surface area contributed by atoms with E-state index in [4.69, 9.17) is 11.6 Å². The Morgan fingerprint density at radius 2 is 1.95 bits per heavy atom. The normalized spacial score (nSPS) is 11.5. The van der Waals surface area contributed by atoms with Crippen molar-refractivity contribution in [2.45, 2.75) is 18.7 Å². The molecule has 0 saturated heterocycles. The summed E-state index contributed by atoms with van der Waals surface area (Å²) in [4.78, 5) is 19.2. The van der Waals surface area contributed by atoms with Gasteiger partial charge >= 0.3 is 5.69 Å². The van der Waals surface area contributed by atoms with Crippen LogP contribution >= 0.6 is 11.6 Å². The van der Waals surface area contributed by atoms with Crippen LogP contribution in [0.2, 0.25) is 0 Å². The van der Waals surface area contributed by atoms with Crippen LogP contribution in [0.1, 0.15) is 13.8 Å². The molecule has 0 heterocycles. The minimum atomic E-state index is -0.726. The lowest BCUT2D eigenvalue weighted by Gasteiger charge is -2.07. The summed E-state index contributed by atoms with van der Waals surface area (Å²) in [5.41, 5.74) is 1.69. The molecule has 0 bridgehead atoms. The molecule has 19 heavy (non-hydrogen) atoms. The monoisotopic (exact) mass is 286 g/mol. The fraction of sp³-hybridized carbons (Fsp3) is 0.300. The number of nitrogens with one attached hydrogen (secondary N) is 1. The van der Waals surface area contributed by atoms with Crippen molar-refractivity contribution in [1.82, 2.24) is 0 Å². The largest absolute Gasteiger partial charge is 0.301 e. The summed E-state index contributed by atoms with van der Waals surface area (Å²) < 4.78 is 0. The van der Waals surface area contributed by atoms with Crippen LogP contribution in [-0.2, 0) is 0 Å². The first-order valence-electron chi connectivity index (χ1n) is 5.13. The van der Waals surface area contributed by atoms with Crippen molar-refractivity contribution < 1.29 is 9.85 Å². The molecule has 0 spiro atoms. The second-order valence-electron chi connectivity index (χ2n) is 4.15. The molecule has 1 N–H and O–H groups in total. The van der Waals surface area contributed by atoms with Gasteiger partial charge in [0.2, 0.25) is 0 Å². The summed E-state index contributed by atoms with van der Waals surface area (Å²) in [5, 5.41) is 25.1. The fourth-order valence-corrected chi connectivity index (χ4v) is 1.18. The molecule has 0 fully saturated rings. The van der Waals surface area contributed by atoms with Gasteiger partial charge in [0.25, 0.3) is 5.69 Å². The van der Waals surface area contributed by atoms with Crippen molar-refractivity contribution in [2.24, 2.45) is 5.10 Å². The molecule has 102 valence electrons. The Bertz CT molecular complexity index is 539. The molecule has 0 unspecified atom stereocenters. The predicted molar refractivity (Wildman–Crippen MR) is 71.8 cm³/mol. The molecular weight excluding hydrogens is 276 g/mol. The summed E-state index contributed by atoms with van der Waals surface area (Å²) in [6, 6.07) is 3.23. The topological polar surface area (TPSA) is 111 Å². The zero-order chi connectivity index (χ0) is 14.6. The van der Waals surface area contributed by atoms with E-state index in [1.807, 2.05) is 0 Å². The SMILES string of the molecule is CC(C)(Cl)C=NNc1ccc([N+](=O)[O-])cc1[N+](=O)[O-]. The van der Waals surface area contributed by atoms with Crippen molar-refractivity contribution >= 4 is 34.9 Å². The molecule has 0 aliphatic carbocycles. The van der Waals surface area contributed by atoms with Gasteiger partial charge < -0.3 is 0 Å². The van der Waals surface area contributed by atoms with Gasteiger partial charge in [0.1, 0.15) is 5.69 Å². The van der Waals surface area contributed by atoms with Gasteiger partial charge in [-0.3, -0.25) is 25.7 Å². The van der Waals surface area contributed by atoms with Crippen LogP contribution in [0, 0.1) is 20.2 Å². The Morgan fingerprint density at radius 3 is 2.42 bits per heavy atom. The highest BCUT2D eigenvalue weighted by atomic mass is 35.5. The first-order valence-corrected chi connectivity index (χ1v) is 5.50. The summed E-state index contributed by atoms with van der Waals surface area (Å²) in [6.45, 7) is 3.37. The molecule has 0 radical (unpaired) electrons. The van der Waals surface area contributed by atoms with Crippen LogP contribution in [0.3, 0.4) is 0 Å². The molecule has 0 aliphatic heterocycles. The van der Waals surface area contributed by atoms with E-state index < -0.39 is 20.4 Å². The van der Waals surface area contributed by atoms with Gasteiger partial charge in [-0.05, 0) is 19.9 Å².